The van der Waals surface area contributed by atoms with E-state index in [4.69, 9.17) is 0 Å². The maximum Gasteiger partial charge on any atom is 0.325 e. The van der Waals surface area contributed by atoms with E-state index in [1.54, 1.807) is 17.8 Å². The number of rotatable bonds is 0. The molecule has 2 rings (SSSR count). The summed E-state index contributed by atoms with van der Waals surface area (Å²) < 4.78 is 1.59. The molecule has 66 valence electrons. The first-order chi connectivity index (χ1) is 6.33. The molecule has 1 aromatic carbocycles. The Bertz CT molecular complexity index is 445. The van der Waals surface area contributed by atoms with Gasteiger partial charge in [-0.15, -0.1) is 0 Å². The maximum absolute atomic E-state index is 11.3. The predicted molar refractivity (Wildman–Crippen MR) is 51.8 cm³/mol. The summed E-state index contributed by atoms with van der Waals surface area (Å²) in [6.45, 7) is 0. The van der Waals surface area contributed by atoms with E-state index in [1.165, 1.54) is 0 Å². The van der Waals surface area contributed by atoms with Crippen molar-refractivity contribution in [3.63, 3.8) is 0 Å². The van der Waals surface area contributed by atoms with Gasteiger partial charge in [0.1, 0.15) is 0 Å². The molecule has 0 atom stereocenters. The van der Waals surface area contributed by atoms with Crippen LogP contribution in [0.1, 0.15) is 0 Å². The Balaban J connectivity index is 2.64. The minimum atomic E-state index is -0.110. The highest BCUT2D eigenvalue weighted by Gasteiger charge is 2.04. The van der Waals surface area contributed by atoms with Crippen LogP contribution in [-0.2, 0) is 0 Å². The molecule has 2 aromatic rings. The van der Waals surface area contributed by atoms with Crippen LogP contribution in [0.15, 0.2) is 36.5 Å². The van der Waals surface area contributed by atoms with E-state index < -0.39 is 0 Å². The highest BCUT2D eigenvalue weighted by Crippen LogP contribution is 2.14. The van der Waals surface area contributed by atoms with Gasteiger partial charge in [-0.25, -0.2) is 4.79 Å². The standard InChI is InChI=1S/C10H10N2O/c1-11-10(13)12-7-6-8-4-2-3-5-9(8)12/h2-7H,1H3,(H,11,13). The molecule has 1 aromatic heterocycles. The Morgan fingerprint density at radius 3 is 2.85 bits per heavy atom. The van der Waals surface area contributed by atoms with Crippen molar-refractivity contribution in [2.45, 2.75) is 0 Å². The molecule has 0 bridgehead atoms. The van der Waals surface area contributed by atoms with Crippen LogP contribution in [-0.4, -0.2) is 17.6 Å². The van der Waals surface area contributed by atoms with Crippen LogP contribution in [0.5, 0.6) is 0 Å². The van der Waals surface area contributed by atoms with Gasteiger partial charge in [-0.1, -0.05) is 18.2 Å². The summed E-state index contributed by atoms with van der Waals surface area (Å²) in [7, 11) is 1.62. The second kappa shape index (κ2) is 2.94. The molecule has 0 saturated carbocycles. The monoisotopic (exact) mass is 174 g/mol. The molecule has 0 unspecified atom stereocenters. The van der Waals surface area contributed by atoms with Gasteiger partial charge in [0, 0.05) is 18.6 Å². The Labute approximate surface area is 76.0 Å². The average Bonchev–Trinajstić information content (AvgIpc) is 2.60. The van der Waals surface area contributed by atoms with E-state index in [-0.39, 0.29) is 6.03 Å². The third kappa shape index (κ3) is 1.18. The molecule has 0 spiro atoms. The Morgan fingerprint density at radius 1 is 1.31 bits per heavy atom. The molecule has 0 aliphatic carbocycles. The first kappa shape index (κ1) is 7.86. The molecule has 3 nitrogen and oxygen atoms in total. The van der Waals surface area contributed by atoms with Gasteiger partial charge >= 0.3 is 6.03 Å². The molecule has 0 radical (unpaired) electrons. The van der Waals surface area contributed by atoms with E-state index in [0.29, 0.717) is 0 Å². The molecule has 0 aliphatic rings. The number of nitrogens with one attached hydrogen (secondary N) is 1. The van der Waals surface area contributed by atoms with Crippen molar-refractivity contribution in [1.29, 1.82) is 0 Å². The van der Waals surface area contributed by atoms with Gasteiger partial charge < -0.3 is 5.32 Å². The van der Waals surface area contributed by atoms with Crippen molar-refractivity contribution in [3.05, 3.63) is 36.5 Å². The molecule has 3 heteroatoms. The number of aromatic nitrogens is 1. The van der Waals surface area contributed by atoms with Crippen molar-refractivity contribution in [1.82, 2.24) is 9.88 Å². The van der Waals surface area contributed by atoms with Crippen molar-refractivity contribution < 1.29 is 4.79 Å². The first-order valence-electron chi connectivity index (χ1n) is 4.11. The summed E-state index contributed by atoms with van der Waals surface area (Å²) in [4.78, 5) is 11.3. The van der Waals surface area contributed by atoms with Gasteiger partial charge in [0.05, 0.1) is 5.52 Å². The molecule has 1 N–H and O–H groups in total. The van der Waals surface area contributed by atoms with E-state index in [2.05, 4.69) is 5.32 Å². The lowest BCUT2D eigenvalue weighted by atomic mass is 10.2. The summed E-state index contributed by atoms with van der Waals surface area (Å²) in [5.41, 5.74) is 0.932. The number of para-hydroxylation sites is 1. The van der Waals surface area contributed by atoms with Crippen LogP contribution in [0.25, 0.3) is 10.9 Å². The summed E-state index contributed by atoms with van der Waals surface area (Å²) in [5, 5.41) is 3.66. The van der Waals surface area contributed by atoms with Crippen LogP contribution < -0.4 is 5.32 Å². The van der Waals surface area contributed by atoms with E-state index in [0.717, 1.165) is 10.9 Å². The fraction of sp³-hybridized carbons (Fsp3) is 0.100. The van der Waals surface area contributed by atoms with Gasteiger partial charge in [0.25, 0.3) is 0 Å². The smallest absolute Gasteiger partial charge is 0.325 e. The van der Waals surface area contributed by atoms with Gasteiger partial charge in [-0.3, -0.25) is 4.57 Å². The SMILES string of the molecule is CNC(=O)n1ccc2ccccc21. The second-order valence-corrected chi connectivity index (χ2v) is 2.80. The summed E-state index contributed by atoms with van der Waals surface area (Å²) >= 11 is 0. The van der Waals surface area contributed by atoms with Crippen LogP contribution in [0.2, 0.25) is 0 Å². The lowest BCUT2D eigenvalue weighted by Crippen LogP contribution is -2.23. The second-order valence-electron chi connectivity index (χ2n) is 2.80. The highest BCUT2D eigenvalue weighted by atomic mass is 16.2. The van der Waals surface area contributed by atoms with Crippen molar-refractivity contribution in [2.75, 3.05) is 7.05 Å². The van der Waals surface area contributed by atoms with Crippen molar-refractivity contribution in [2.24, 2.45) is 0 Å². The topological polar surface area (TPSA) is 34.0 Å². The minimum absolute atomic E-state index is 0.110. The Morgan fingerprint density at radius 2 is 2.08 bits per heavy atom. The van der Waals surface area contributed by atoms with Crippen LogP contribution in [0.4, 0.5) is 4.79 Å². The quantitative estimate of drug-likeness (QED) is 0.649. The number of carbonyl (C=O) groups excluding carboxylic acids is 1. The molecular weight excluding hydrogens is 164 g/mol. The number of benzene rings is 1. The lowest BCUT2D eigenvalue weighted by Gasteiger charge is -2.01. The predicted octanol–water partition coefficient (Wildman–Crippen LogP) is 1.83. The summed E-state index contributed by atoms with van der Waals surface area (Å²) in [5.74, 6) is 0. The lowest BCUT2D eigenvalue weighted by molar-refractivity contribution is 0.245. The number of fused-ring (bicyclic) bond motifs is 1. The van der Waals surface area contributed by atoms with Crippen LogP contribution in [0.3, 0.4) is 0 Å². The van der Waals surface area contributed by atoms with E-state index in [9.17, 15) is 4.79 Å². The first-order valence-corrected chi connectivity index (χ1v) is 4.11. The maximum atomic E-state index is 11.3. The molecular formula is C10H10N2O. The van der Waals surface area contributed by atoms with Gasteiger partial charge in [0.15, 0.2) is 0 Å². The summed E-state index contributed by atoms with van der Waals surface area (Å²) in [6.07, 6.45) is 1.77. The molecule has 0 fully saturated rings. The number of hydrogen-bond acceptors (Lipinski definition) is 1. The highest BCUT2D eigenvalue weighted by molar-refractivity contribution is 5.91. The zero-order valence-electron chi connectivity index (χ0n) is 7.32. The number of nitrogens with zero attached hydrogens (tertiary/aromatic N) is 1. The fourth-order valence-corrected chi connectivity index (χ4v) is 1.38. The number of carbonyl (C=O) groups is 1. The molecule has 1 heterocycles. The Hall–Kier alpha value is -1.77. The molecule has 13 heavy (non-hydrogen) atoms. The van der Waals surface area contributed by atoms with Crippen molar-refractivity contribution in [3.8, 4) is 0 Å². The van der Waals surface area contributed by atoms with Gasteiger partial charge in [0.2, 0.25) is 0 Å². The zero-order valence-corrected chi connectivity index (χ0v) is 7.32. The molecule has 0 aliphatic heterocycles. The normalized spacial score (nSPS) is 10.2. The van der Waals surface area contributed by atoms with Crippen molar-refractivity contribution >= 4 is 16.9 Å². The third-order valence-corrected chi connectivity index (χ3v) is 2.03. The van der Waals surface area contributed by atoms with Gasteiger partial charge in [-0.2, -0.15) is 0 Å². The Kier molecular flexibility index (Phi) is 1.77. The number of amides is 1. The minimum Gasteiger partial charge on any atom is -0.340 e. The summed E-state index contributed by atoms with van der Waals surface area (Å²) in [6, 6.07) is 9.59. The number of hydrogen-bond donors (Lipinski definition) is 1. The third-order valence-electron chi connectivity index (χ3n) is 2.03. The van der Waals surface area contributed by atoms with Crippen LogP contribution in [0, 0.1) is 0 Å². The zero-order chi connectivity index (χ0) is 9.26. The average molecular weight is 174 g/mol. The molecule has 0 saturated heterocycles. The molecule has 1 amide bonds. The fourth-order valence-electron chi connectivity index (χ4n) is 1.38. The van der Waals surface area contributed by atoms with E-state index in [1.807, 2.05) is 30.3 Å². The largest absolute Gasteiger partial charge is 0.340 e. The van der Waals surface area contributed by atoms with Gasteiger partial charge in [-0.05, 0) is 12.1 Å². The van der Waals surface area contributed by atoms with E-state index >= 15 is 0 Å². The van der Waals surface area contributed by atoms with Crippen LogP contribution >= 0.6 is 0 Å².